The van der Waals surface area contributed by atoms with Crippen molar-refractivity contribution >= 4 is 11.8 Å². The second-order valence-electron chi connectivity index (χ2n) is 6.39. The van der Waals surface area contributed by atoms with Crippen LogP contribution in [0, 0.1) is 13.8 Å². The molecule has 5 heteroatoms. The Morgan fingerprint density at radius 2 is 1.64 bits per heavy atom. The van der Waals surface area contributed by atoms with E-state index in [1.54, 1.807) is 38.3 Å². The van der Waals surface area contributed by atoms with E-state index in [0.29, 0.717) is 16.9 Å². The minimum absolute atomic E-state index is 0.242. The molecule has 0 unspecified atom stereocenters. The number of carbonyl (C=O) groups is 2. The van der Waals surface area contributed by atoms with Gasteiger partial charge in [-0.3, -0.25) is 4.79 Å². The highest BCUT2D eigenvalue weighted by Crippen LogP contribution is 2.22. The molecule has 0 aliphatic rings. The smallest absolute Gasteiger partial charge is 0.340 e. The van der Waals surface area contributed by atoms with Crippen LogP contribution in [0.4, 0.5) is 0 Å². The Morgan fingerprint density at radius 1 is 1.04 bits per heavy atom. The van der Waals surface area contributed by atoms with Gasteiger partial charge in [-0.2, -0.15) is 0 Å². The number of aryl methyl sites for hydroxylation is 1. The maximum absolute atomic E-state index is 12.5. The lowest BCUT2D eigenvalue weighted by molar-refractivity contribution is 0.0318. The number of nitrogens with zero attached hydrogens (tertiary/aromatic N) is 1. The molecule has 1 heterocycles. The molecule has 0 spiro atoms. The molecule has 1 atom stereocenters. The molecule has 1 aromatic heterocycles. The SMILES string of the molecule is COc1ccc(C(=O)[C@@H](C)OC(=O)c2cc(C)n(C(C)C)c2C)cc1. The second kappa shape index (κ2) is 7.55. The highest BCUT2D eigenvalue weighted by molar-refractivity contribution is 6.01. The average molecular weight is 343 g/mol. The number of esters is 1. The largest absolute Gasteiger partial charge is 0.497 e. The van der Waals surface area contributed by atoms with Gasteiger partial charge in [0.15, 0.2) is 6.10 Å². The molecule has 1 aromatic carbocycles. The summed E-state index contributed by atoms with van der Waals surface area (Å²) in [5.74, 6) is -0.0506. The fourth-order valence-electron chi connectivity index (χ4n) is 3.05. The number of aromatic nitrogens is 1. The van der Waals surface area contributed by atoms with Crippen LogP contribution in [0.5, 0.6) is 5.75 Å². The lowest BCUT2D eigenvalue weighted by Crippen LogP contribution is -2.24. The maximum atomic E-state index is 12.5. The Hall–Kier alpha value is -2.56. The van der Waals surface area contributed by atoms with Gasteiger partial charge in [-0.1, -0.05) is 0 Å². The Kier molecular flexibility index (Phi) is 5.67. The summed E-state index contributed by atoms with van der Waals surface area (Å²) < 4.78 is 12.6. The first-order chi connectivity index (χ1) is 11.8. The minimum atomic E-state index is -0.858. The number of hydrogen-bond donors (Lipinski definition) is 0. The van der Waals surface area contributed by atoms with Gasteiger partial charge < -0.3 is 14.0 Å². The fraction of sp³-hybridized carbons (Fsp3) is 0.400. The molecule has 0 saturated carbocycles. The molecular formula is C20H25NO4. The van der Waals surface area contributed by atoms with Crippen LogP contribution in [0.1, 0.15) is 58.9 Å². The molecule has 2 aromatic rings. The van der Waals surface area contributed by atoms with Crippen molar-refractivity contribution in [3.63, 3.8) is 0 Å². The Balaban J connectivity index is 2.14. The van der Waals surface area contributed by atoms with Crippen molar-refractivity contribution in [3.8, 4) is 5.75 Å². The first kappa shape index (κ1) is 18.8. The van der Waals surface area contributed by atoms with Crippen LogP contribution in [-0.4, -0.2) is 29.5 Å². The van der Waals surface area contributed by atoms with Crippen LogP contribution in [0.25, 0.3) is 0 Å². The topological polar surface area (TPSA) is 57.5 Å². The molecule has 0 aliphatic carbocycles. The number of carbonyl (C=O) groups excluding carboxylic acids is 2. The monoisotopic (exact) mass is 343 g/mol. The summed E-state index contributed by atoms with van der Waals surface area (Å²) in [6.45, 7) is 9.55. The number of ketones is 1. The van der Waals surface area contributed by atoms with Gasteiger partial charge in [-0.15, -0.1) is 0 Å². The van der Waals surface area contributed by atoms with Crippen molar-refractivity contribution in [3.05, 3.63) is 52.8 Å². The zero-order valence-corrected chi connectivity index (χ0v) is 15.6. The quantitative estimate of drug-likeness (QED) is 0.585. The first-order valence-electron chi connectivity index (χ1n) is 8.34. The van der Waals surface area contributed by atoms with Crippen molar-refractivity contribution in [1.82, 2.24) is 4.57 Å². The van der Waals surface area contributed by atoms with E-state index >= 15 is 0 Å². The highest BCUT2D eigenvalue weighted by Gasteiger charge is 2.24. The molecule has 0 radical (unpaired) electrons. The predicted octanol–water partition coefficient (Wildman–Crippen LogP) is 4.12. The zero-order chi connectivity index (χ0) is 18.7. The standard InChI is InChI=1S/C20H25NO4/c1-12(2)21-13(3)11-18(14(21)4)20(23)25-15(5)19(22)16-7-9-17(24-6)10-8-16/h7-12,15H,1-6H3/t15-/m1/s1. The Labute approximate surface area is 148 Å². The lowest BCUT2D eigenvalue weighted by atomic mass is 10.1. The predicted molar refractivity (Wildman–Crippen MR) is 96.5 cm³/mol. The normalized spacial score (nSPS) is 12.1. The van der Waals surface area contributed by atoms with Crippen LogP contribution in [0.15, 0.2) is 30.3 Å². The molecule has 0 fully saturated rings. The zero-order valence-electron chi connectivity index (χ0n) is 15.6. The van der Waals surface area contributed by atoms with Crippen LogP contribution >= 0.6 is 0 Å². The lowest BCUT2D eigenvalue weighted by Gasteiger charge is -2.15. The van der Waals surface area contributed by atoms with Crippen LogP contribution in [-0.2, 0) is 4.74 Å². The second-order valence-corrected chi connectivity index (χ2v) is 6.39. The van der Waals surface area contributed by atoms with Crippen LogP contribution in [0.3, 0.4) is 0 Å². The summed E-state index contributed by atoms with van der Waals surface area (Å²) >= 11 is 0. The summed E-state index contributed by atoms with van der Waals surface area (Å²) in [4.78, 5) is 24.9. The molecular weight excluding hydrogens is 318 g/mol. The summed E-state index contributed by atoms with van der Waals surface area (Å²) in [6.07, 6.45) is -0.858. The van der Waals surface area contributed by atoms with E-state index in [0.717, 1.165) is 11.4 Å². The number of rotatable bonds is 6. The van der Waals surface area contributed by atoms with Crippen molar-refractivity contribution in [1.29, 1.82) is 0 Å². The van der Waals surface area contributed by atoms with Gasteiger partial charge in [-0.25, -0.2) is 4.79 Å². The highest BCUT2D eigenvalue weighted by atomic mass is 16.5. The Bertz CT molecular complexity index is 772. The van der Waals surface area contributed by atoms with E-state index in [9.17, 15) is 9.59 Å². The number of ether oxygens (including phenoxy) is 2. The van der Waals surface area contributed by atoms with Crippen LogP contribution in [0.2, 0.25) is 0 Å². The Morgan fingerprint density at radius 3 is 2.12 bits per heavy atom. The first-order valence-corrected chi connectivity index (χ1v) is 8.34. The minimum Gasteiger partial charge on any atom is -0.497 e. The van der Waals surface area contributed by atoms with E-state index in [2.05, 4.69) is 18.4 Å². The number of hydrogen-bond acceptors (Lipinski definition) is 4. The molecule has 2 rings (SSSR count). The number of methoxy groups -OCH3 is 1. The van der Waals surface area contributed by atoms with Gasteiger partial charge in [-0.05, 0) is 65.0 Å². The van der Waals surface area contributed by atoms with Gasteiger partial charge in [0.1, 0.15) is 5.75 Å². The van der Waals surface area contributed by atoms with Crippen molar-refractivity contribution < 1.29 is 19.1 Å². The van der Waals surface area contributed by atoms with Crippen LogP contribution < -0.4 is 4.74 Å². The molecule has 25 heavy (non-hydrogen) atoms. The van der Waals surface area contributed by atoms with Gasteiger partial charge >= 0.3 is 5.97 Å². The molecule has 0 amide bonds. The summed E-state index contributed by atoms with van der Waals surface area (Å²) in [5.41, 5.74) is 2.82. The third kappa shape index (κ3) is 3.92. The van der Waals surface area contributed by atoms with E-state index in [1.165, 1.54) is 0 Å². The maximum Gasteiger partial charge on any atom is 0.340 e. The van der Waals surface area contributed by atoms with Crippen molar-refractivity contribution in [2.45, 2.75) is 46.8 Å². The summed E-state index contributed by atoms with van der Waals surface area (Å²) in [7, 11) is 1.56. The fourth-order valence-corrected chi connectivity index (χ4v) is 3.05. The molecule has 0 saturated heterocycles. The van der Waals surface area contributed by atoms with E-state index in [-0.39, 0.29) is 11.8 Å². The molecule has 0 aliphatic heterocycles. The average Bonchev–Trinajstić information content (AvgIpc) is 2.88. The summed E-state index contributed by atoms with van der Waals surface area (Å²) in [6, 6.07) is 8.80. The van der Waals surface area contributed by atoms with E-state index in [4.69, 9.17) is 9.47 Å². The molecule has 134 valence electrons. The third-order valence-corrected chi connectivity index (χ3v) is 4.25. The van der Waals surface area contributed by atoms with Gasteiger partial charge in [0.25, 0.3) is 0 Å². The number of benzene rings is 1. The summed E-state index contributed by atoms with van der Waals surface area (Å²) in [5, 5.41) is 0. The van der Waals surface area contributed by atoms with E-state index in [1.807, 2.05) is 19.9 Å². The van der Waals surface area contributed by atoms with Gasteiger partial charge in [0.05, 0.1) is 12.7 Å². The molecule has 5 nitrogen and oxygen atoms in total. The van der Waals surface area contributed by atoms with Gasteiger partial charge in [0.2, 0.25) is 5.78 Å². The number of Topliss-reactive ketones (excluding diaryl/α,β-unsaturated/α-hetero) is 1. The van der Waals surface area contributed by atoms with E-state index < -0.39 is 12.1 Å². The van der Waals surface area contributed by atoms with Crippen molar-refractivity contribution in [2.24, 2.45) is 0 Å². The molecule has 0 N–H and O–H groups in total. The molecule has 0 bridgehead atoms. The third-order valence-electron chi connectivity index (χ3n) is 4.25. The van der Waals surface area contributed by atoms with Gasteiger partial charge in [0, 0.05) is 23.0 Å². The van der Waals surface area contributed by atoms with Crippen molar-refractivity contribution in [2.75, 3.05) is 7.11 Å².